The average molecular weight is 760 g/mol. The van der Waals surface area contributed by atoms with Crippen LogP contribution in [-0.4, -0.2) is 0 Å². The van der Waals surface area contributed by atoms with Crippen molar-refractivity contribution in [2.75, 3.05) is 4.90 Å². The molecule has 0 heterocycles. The van der Waals surface area contributed by atoms with Gasteiger partial charge < -0.3 is 4.90 Å². The zero-order valence-electron chi connectivity index (χ0n) is 34.0. The molecule has 11 rings (SSSR count). The van der Waals surface area contributed by atoms with Gasteiger partial charge in [0.1, 0.15) is 0 Å². The molecule has 0 aliphatic heterocycles. The van der Waals surface area contributed by atoms with Crippen molar-refractivity contribution in [2.24, 2.45) is 11.8 Å². The molecule has 0 spiro atoms. The van der Waals surface area contributed by atoms with Gasteiger partial charge in [0.15, 0.2) is 0 Å². The fourth-order valence-electron chi connectivity index (χ4n) is 11.1. The monoisotopic (exact) mass is 759 g/mol. The molecule has 8 aromatic rings. The van der Waals surface area contributed by atoms with Crippen LogP contribution in [0.3, 0.4) is 0 Å². The lowest BCUT2D eigenvalue weighted by atomic mass is 9.81. The molecule has 2 saturated carbocycles. The highest BCUT2D eigenvalue weighted by atomic mass is 15.1. The molecule has 3 atom stereocenters. The summed E-state index contributed by atoms with van der Waals surface area (Å²) in [6.45, 7) is 4.78. The zero-order chi connectivity index (χ0) is 39.5. The predicted octanol–water partition coefficient (Wildman–Crippen LogP) is 16.0. The second kappa shape index (κ2) is 14.4. The Kier molecular flexibility index (Phi) is 8.73. The van der Waals surface area contributed by atoms with E-state index in [1.54, 1.807) is 0 Å². The fourth-order valence-corrected chi connectivity index (χ4v) is 11.1. The van der Waals surface area contributed by atoms with E-state index in [1.807, 2.05) is 0 Å². The first-order valence-corrected chi connectivity index (χ1v) is 21.6. The van der Waals surface area contributed by atoms with Gasteiger partial charge in [0, 0.05) is 22.4 Å². The molecule has 0 aromatic heterocycles. The third kappa shape index (κ3) is 6.14. The highest BCUT2D eigenvalue weighted by Crippen LogP contribution is 2.55. The molecule has 3 aliphatic rings. The van der Waals surface area contributed by atoms with E-state index in [9.17, 15) is 0 Å². The summed E-state index contributed by atoms with van der Waals surface area (Å²) in [7, 11) is 0. The summed E-state index contributed by atoms with van der Waals surface area (Å²) in [4.78, 5) is 2.52. The van der Waals surface area contributed by atoms with Crippen LogP contribution in [0.25, 0.3) is 55.6 Å². The van der Waals surface area contributed by atoms with Crippen LogP contribution in [0.1, 0.15) is 62.1 Å². The maximum Gasteiger partial charge on any atom is 0.0543 e. The summed E-state index contributed by atoms with van der Waals surface area (Å²) in [5.41, 5.74) is 20.2. The number of hydrogen-bond acceptors (Lipinski definition) is 1. The van der Waals surface area contributed by atoms with E-state index in [-0.39, 0.29) is 5.41 Å². The summed E-state index contributed by atoms with van der Waals surface area (Å²) in [6, 6.07) is 72.4. The van der Waals surface area contributed by atoms with E-state index in [1.165, 1.54) is 109 Å². The standard InChI is InChI=1S/C58H49N/c1-58(2)55-24-14-13-23-51(55)54-37-53(41-17-7-4-8-18-41)57(38-56(54)58)59(46-33-29-43(30-34-46)52-36-39-25-26-44(52)35-39)45-31-27-42(28-32-45)48-20-10-12-22-50(48)49-21-11-9-19-47(49)40-15-5-3-6-16-40/h3-24,27-34,37-39,44,52H,25-26,35-36H2,1-2H3. The Morgan fingerprint density at radius 1 is 0.407 bits per heavy atom. The number of nitrogens with zero attached hydrogens (tertiary/aromatic N) is 1. The normalized spacial score (nSPS) is 18.4. The van der Waals surface area contributed by atoms with Crippen molar-refractivity contribution in [3.8, 4) is 55.6 Å². The molecule has 0 radical (unpaired) electrons. The smallest absolute Gasteiger partial charge is 0.0543 e. The van der Waals surface area contributed by atoms with Crippen LogP contribution in [0.4, 0.5) is 17.1 Å². The Morgan fingerprint density at radius 2 is 0.915 bits per heavy atom. The van der Waals surface area contributed by atoms with Crippen molar-refractivity contribution in [1.82, 2.24) is 0 Å². The largest absolute Gasteiger partial charge is 0.310 e. The van der Waals surface area contributed by atoms with Crippen LogP contribution in [0.5, 0.6) is 0 Å². The third-order valence-corrected chi connectivity index (χ3v) is 14.0. The van der Waals surface area contributed by atoms with Crippen LogP contribution in [0.2, 0.25) is 0 Å². The molecule has 2 bridgehead atoms. The first-order valence-electron chi connectivity index (χ1n) is 21.6. The van der Waals surface area contributed by atoms with Gasteiger partial charge >= 0.3 is 0 Å². The fraction of sp³-hybridized carbons (Fsp3) is 0.172. The van der Waals surface area contributed by atoms with Crippen LogP contribution in [-0.2, 0) is 5.41 Å². The summed E-state index contributed by atoms with van der Waals surface area (Å²) in [5.74, 6) is 2.47. The van der Waals surface area contributed by atoms with Gasteiger partial charge in [-0.2, -0.15) is 0 Å². The third-order valence-electron chi connectivity index (χ3n) is 14.0. The minimum absolute atomic E-state index is 0.128. The average Bonchev–Trinajstić information content (AvgIpc) is 4.00. The number of rotatable bonds is 8. The van der Waals surface area contributed by atoms with Crippen molar-refractivity contribution in [3.05, 3.63) is 211 Å². The molecular weight excluding hydrogens is 711 g/mol. The Hall–Kier alpha value is -6.44. The van der Waals surface area contributed by atoms with Gasteiger partial charge in [-0.15, -0.1) is 0 Å². The Morgan fingerprint density at radius 3 is 1.49 bits per heavy atom. The summed E-state index contributed by atoms with van der Waals surface area (Å²) < 4.78 is 0. The van der Waals surface area contributed by atoms with Gasteiger partial charge in [0.05, 0.1) is 5.69 Å². The van der Waals surface area contributed by atoms with Crippen molar-refractivity contribution in [2.45, 2.75) is 50.9 Å². The number of anilines is 3. The SMILES string of the molecule is CC1(C)c2ccccc2-c2cc(-c3ccccc3)c(N(c3ccc(-c4ccccc4-c4ccccc4-c4ccccc4)cc3)c3ccc(C4CC5CCC4C5)cc3)cc21. The van der Waals surface area contributed by atoms with E-state index in [2.05, 4.69) is 213 Å². The lowest BCUT2D eigenvalue weighted by Gasteiger charge is -2.31. The molecule has 1 heteroatoms. The van der Waals surface area contributed by atoms with E-state index in [4.69, 9.17) is 0 Å². The number of benzene rings is 8. The molecule has 2 fully saturated rings. The molecule has 8 aromatic carbocycles. The quantitative estimate of drug-likeness (QED) is 0.149. The summed E-state index contributed by atoms with van der Waals surface area (Å²) in [6.07, 6.45) is 5.59. The summed E-state index contributed by atoms with van der Waals surface area (Å²) >= 11 is 0. The van der Waals surface area contributed by atoms with Gasteiger partial charge in [0.2, 0.25) is 0 Å². The highest BCUT2D eigenvalue weighted by Gasteiger charge is 2.40. The Bertz CT molecular complexity index is 2800. The molecule has 0 N–H and O–H groups in total. The first kappa shape index (κ1) is 35.7. The van der Waals surface area contributed by atoms with Crippen molar-refractivity contribution in [1.29, 1.82) is 0 Å². The minimum Gasteiger partial charge on any atom is -0.310 e. The van der Waals surface area contributed by atoms with Crippen molar-refractivity contribution >= 4 is 17.1 Å². The van der Waals surface area contributed by atoms with Gasteiger partial charge in [-0.05, 0) is 140 Å². The molecule has 1 nitrogen and oxygen atoms in total. The number of hydrogen-bond donors (Lipinski definition) is 0. The number of fused-ring (bicyclic) bond motifs is 5. The molecule has 59 heavy (non-hydrogen) atoms. The maximum absolute atomic E-state index is 2.52. The molecule has 0 amide bonds. The molecule has 3 unspecified atom stereocenters. The lowest BCUT2D eigenvalue weighted by molar-refractivity contribution is 0.420. The summed E-state index contributed by atoms with van der Waals surface area (Å²) in [5, 5.41) is 0. The Balaban J connectivity index is 1.06. The van der Waals surface area contributed by atoms with Crippen LogP contribution in [0, 0.1) is 11.8 Å². The molecule has 286 valence electrons. The van der Waals surface area contributed by atoms with Gasteiger partial charge in [0.25, 0.3) is 0 Å². The van der Waals surface area contributed by atoms with E-state index in [0.717, 1.165) is 17.5 Å². The second-order valence-corrected chi connectivity index (χ2v) is 17.7. The molecule has 3 aliphatic carbocycles. The van der Waals surface area contributed by atoms with Gasteiger partial charge in [-0.3, -0.25) is 0 Å². The van der Waals surface area contributed by atoms with Crippen LogP contribution < -0.4 is 4.90 Å². The van der Waals surface area contributed by atoms with E-state index >= 15 is 0 Å². The molecule has 0 saturated heterocycles. The van der Waals surface area contributed by atoms with E-state index < -0.39 is 0 Å². The highest BCUT2D eigenvalue weighted by molar-refractivity contribution is 5.96. The second-order valence-electron chi connectivity index (χ2n) is 17.7. The van der Waals surface area contributed by atoms with Crippen molar-refractivity contribution in [3.63, 3.8) is 0 Å². The molecular formula is C58H49N. The van der Waals surface area contributed by atoms with E-state index in [0.29, 0.717) is 5.92 Å². The lowest BCUT2D eigenvalue weighted by Crippen LogP contribution is -2.17. The maximum atomic E-state index is 2.52. The topological polar surface area (TPSA) is 3.24 Å². The van der Waals surface area contributed by atoms with Gasteiger partial charge in [-0.1, -0.05) is 178 Å². The van der Waals surface area contributed by atoms with Crippen LogP contribution in [0.15, 0.2) is 194 Å². The zero-order valence-corrected chi connectivity index (χ0v) is 34.0. The van der Waals surface area contributed by atoms with Gasteiger partial charge in [-0.25, -0.2) is 0 Å². The Labute approximate surface area is 349 Å². The first-order chi connectivity index (χ1) is 29.0. The van der Waals surface area contributed by atoms with Crippen molar-refractivity contribution < 1.29 is 0 Å². The minimum atomic E-state index is -0.128. The predicted molar refractivity (Wildman–Crippen MR) is 249 cm³/mol. The van der Waals surface area contributed by atoms with Crippen LogP contribution >= 0.6 is 0 Å².